The SMILES string of the molecule is Cc1cccc(NC(=O)CNCC2(O)CCOC2)c1. The fourth-order valence-electron chi connectivity index (χ4n) is 2.07. The Bertz CT molecular complexity index is 442. The first-order valence-electron chi connectivity index (χ1n) is 6.45. The number of hydrogen-bond donors (Lipinski definition) is 3. The van der Waals surface area contributed by atoms with Gasteiger partial charge in [-0.3, -0.25) is 4.79 Å². The third-order valence-electron chi connectivity index (χ3n) is 3.12. The lowest BCUT2D eigenvalue weighted by Crippen LogP contribution is -2.43. The van der Waals surface area contributed by atoms with Crippen molar-refractivity contribution in [2.75, 3.05) is 31.6 Å². The number of hydrogen-bond acceptors (Lipinski definition) is 4. The molecule has 1 aromatic carbocycles. The molecule has 0 spiro atoms. The highest BCUT2D eigenvalue weighted by molar-refractivity contribution is 5.92. The van der Waals surface area contributed by atoms with Crippen LogP contribution >= 0.6 is 0 Å². The number of amides is 1. The highest BCUT2D eigenvalue weighted by Crippen LogP contribution is 2.16. The van der Waals surface area contributed by atoms with Crippen LogP contribution in [0.5, 0.6) is 0 Å². The molecule has 1 saturated heterocycles. The van der Waals surface area contributed by atoms with Gasteiger partial charge in [-0.05, 0) is 24.6 Å². The van der Waals surface area contributed by atoms with E-state index in [1.165, 1.54) is 0 Å². The molecule has 0 aromatic heterocycles. The van der Waals surface area contributed by atoms with Crippen molar-refractivity contribution in [1.29, 1.82) is 0 Å². The van der Waals surface area contributed by atoms with Crippen LogP contribution in [0.3, 0.4) is 0 Å². The molecule has 5 heteroatoms. The van der Waals surface area contributed by atoms with Gasteiger partial charge in [-0.15, -0.1) is 0 Å². The van der Waals surface area contributed by atoms with Gasteiger partial charge in [-0.25, -0.2) is 0 Å². The molecule has 0 aliphatic carbocycles. The average Bonchev–Trinajstić information content (AvgIpc) is 2.76. The maximum Gasteiger partial charge on any atom is 0.238 e. The molecule has 0 bridgehead atoms. The van der Waals surface area contributed by atoms with Gasteiger partial charge < -0.3 is 20.5 Å². The van der Waals surface area contributed by atoms with Gasteiger partial charge in [0.15, 0.2) is 0 Å². The molecule has 2 rings (SSSR count). The Morgan fingerprint density at radius 1 is 1.53 bits per heavy atom. The smallest absolute Gasteiger partial charge is 0.238 e. The third-order valence-corrected chi connectivity index (χ3v) is 3.12. The van der Waals surface area contributed by atoms with Gasteiger partial charge in [0.2, 0.25) is 5.91 Å². The number of aryl methyl sites for hydroxylation is 1. The van der Waals surface area contributed by atoms with Crippen LogP contribution in [0.4, 0.5) is 5.69 Å². The van der Waals surface area contributed by atoms with Crippen molar-refractivity contribution < 1.29 is 14.6 Å². The Labute approximate surface area is 113 Å². The lowest BCUT2D eigenvalue weighted by atomic mass is 10.0. The van der Waals surface area contributed by atoms with Crippen LogP contribution in [-0.4, -0.2) is 42.9 Å². The molecular formula is C14H20N2O3. The van der Waals surface area contributed by atoms with Crippen LogP contribution < -0.4 is 10.6 Å². The summed E-state index contributed by atoms with van der Waals surface area (Å²) in [7, 11) is 0. The average molecular weight is 264 g/mol. The van der Waals surface area contributed by atoms with Crippen LogP contribution in [0, 0.1) is 6.92 Å². The first kappa shape index (κ1) is 14.0. The van der Waals surface area contributed by atoms with Crippen LogP contribution in [-0.2, 0) is 9.53 Å². The molecular weight excluding hydrogens is 244 g/mol. The van der Waals surface area contributed by atoms with Gasteiger partial charge in [0, 0.05) is 25.3 Å². The minimum absolute atomic E-state index is 0.117. The van der Waals surface area contributed by atoms with E-state index < -0.39 is 5.60 Å². The van der Waals surface area contributed by atoms with Gasteiger partial charge in [-0.1, -0.05) is 12.1 Å². The number of carbonyl (C=O) groups excluding carboxylic acids is 1. The zero-order valence-corrected chi connectivity index (χ0v) is 11.1. The molecule has 1 aliphatic heterocycles. The fraction of sp³-hybridized carbons (Fsp3) is 0.500. The monoisotopic (exact) mass is 264 g/mol. The summed E-state index contributed by atoms with van der Waals surface area (Å²) in [6, 6.07) is 7.64. The van der Waals surface area contributed by atoms with Crippen molar-refractivity contribution in [1.82, 2.24) is 5.32 Å². The Morgan fingerprint density at radius 3 is 3.05 bits per heavy atom. The number of aliphatic hydroxyl groups is 1. The molecule has 1 aliphatic rings. The molecule has 0 saturated carbocycles. The van der Waals surface area contributed by atoms with Crippen LogP contribution in [0.25, 0.3) is 0 Å². The van der Waals surface area contributed by atoms with Gasteiger partial charge >= 0.3 is 0 Å². The molecule has 1 fully saturated rings. The maximum atomic E-state index is 11.7. The predicted molar refractivity (Wildman–Crippen MR) is 73.1 cm³/mol. The van der Waals surface area contributed by atoms with E-state index in [-0.39, 0.29) is 12.5 Å². The normalized spacial score (nSPS) is 22.4. The highest BCUT2D eigenvalue weighted by atomic mass is 16.5. The highest BCUT2D eigenvalue weighted by Gasteiger charge is 2.31. The second-order valence-corrected chi connectivity index (χ2v) is 5.05. The standard InChI is InChI=1S/C14H20N2O3/c1-11-3-2-4-12(7-11)16-13(17)8-15-9-14(18)5-6-19-10-14/h2-4,7,15,18H,5-6,8-10H2,1H3,(H,16,17). The van der Waals surface area contributed by atoms with Crippen molar-refractivity contribution in [2.45, 2.75) is 18.9 Å². The summed E-state index contributed by atoms with van der Waals surface area (Å²) in [4.78, 5) is 11.7. The quantitative estimate of drug-likeness (QED) is 0.731. The van der Waals surface area contributed by atoms with E-state index in [1.54, 1.807) is 0 Å². The van der Waals surface area contributed by atoms with Gasteiger partial charge in [0.25, 0.3) is 0 Å². The number of anilines is 1. The molecule has 5 nitrogen and oxygen atoms in total. The summed E-state index contributed by atoms with van der Waals surface area (Å²) in [5.41, 5.74) is 1.06. The van der Waals surface area contributed by atoms with E-state index >= 15 is 0 Å². The summed E-state index contributed by atoms with van der Waals surface area (Å²) in [5.74, 6) is -0.117. The zero-order valence-electron chi connectivity index (χ0n) is 11.1. The number of rotatable bonds is 5. The van der Waals surface area contributed by atoms with Crippen molar-refractivity contribution in [3.63, 3.8) is 0 Å². The molecule has 1 unspecified atom stereocenters. The summed E-state index contributed by atoms with van der Waals surface area (Å²) >= 11 is 0. The van der Waals surface area contributed by atoms with Crippen molar-refractivity contribution in [2.24, 2.45) is 0 Å². The molecule has 1 atom stereocenters. The third kappa shape index (κ3) is 4.31. The van der Waals surface area contributed by atoms with E-state index in [2.05, 4.69) is 10.6 Å². The van der Waals surface area contributed by atoms with Gasteiger partial charge in [0.05, 0.1) is 13.2 Å². The van der Waals surface area contributed by atoms with Crippen LogP contribution in [0.15, 0.2) is 24.3 Å². The molecule has 1 aromatic rings. The number of carbonyl (C=O) groups is 1. The fourth-order valence-corrected chi connectivity index (χ4v) is 2.07. The summed E-state index contributed by atoms with van der Waals surface area (Å²) in [5, 5.41) is 15.8. The van der Waals surface area contributed by atoms with Crippen LogP contribution in [0.1, 0.15) is 12.0 Å². The van der Waals surface area contributed by atoms with Gasteiger partial charge in [0.1, 0.15) is 5.60 Å². The summed E-state index contributed by atoms with van der Waals surface area (Å²) in [6.45, 7) is 3.43. The Kier molecular flexibility index (Phi) is 4.52. The maximum absolute atomic E-state index is 11.7. The number of ether oxygens (including phenoxy) is 1. The predicted octanol–water partition coefficient (Wildman–Crippen LogP) is 0.675. The van der Waals surface area contributed by atoms with Crippen molar-refractivity contribution in [3.05, 3.63) is 29.8 Å². The Morgan fingerprint density at radius 2 is 2.37 bits per heavy atom. The van der Waals surface area contributed by atoms with E-state index in [1.807, 2.05) is 31.2 Å². The minimum atomic E-state index is -0.830. The molecule has 3 N–H and O–H groups in total. The number of nitrogens with one attached hydrogen (secondary N) is 2. The minimum Gasteiger partial charge on any atom is -0.386 e. The summed E-state index contributed by atoms with van der Waals surface area (Å²) in [6.07, 6.45) is 0.611. The van der Waals surface area contributed by atoms with E-state index in [0.717, 1.165) is 11.3 Å². The van der Waals surface area contributed by atoms with E-state index in [9.17, 15) is 9.90 Å². The lowest BCUT2D eigenvalue weighted by molar-refractivity contribution is -0.115. The second kappa shape index (κ2) is 6.14. The molecule has 1 amide bonds. The van der Waals surface area contributed by atoms with Crippen LogP contribution in [0.2, 0.25) is 0 Å². The lowest BCUT2D eigenvalue weighted by Gasteiger charge is -2.20. The largest absolute Gasteiger partial charge is 0.386 e. The molecule has 19 heavy (non-hydrogen) atoms. The topological polar surface area (TPSA) is 70.6 Å². The molecule has 104 valence electrons. The summed E-state index contributed by atoms with van der Waals surface area (Å²) < 4.78 is 5.14. The molecule has 1 heterocycles. The first-order valence-corrected chi connectivity index (χ1v) is 6.45. The van der Waals surface area contributed by atoms with Crippen molar-refractivity contribution >= 4 is 11.6 Å². The van der Waals surface area contributed by atoms with E-state index in [4.69, 9.17) is 4.74 Å². The molecule has 0 radical (unpaired) electrons. The first-order chi connectivity index (χ1) is 9.07. The Balaban J connectivity index is 1.73. The van der Waals surface area contributed by atoms with Gasteiger partial charge in [-0.2, -0.15) is 0 Å². The zero-order chi connectivity index (χ0) is 13.7. The van der Waals surface area contributed by atoms with E-state index in [0.29, 0.717) is 26.2 Å². The second-order valence-electron chi connectivity index (χ2n) is 5.05. The van der Waals surface area contributed by atoms with Crippen molar-refractivity contribution in [3.8, 4) is 0 Å². The Hall–Kier alpha value is -1.43. The number of benzene rings is 1.